The maximum atomic E-state index is 12.7. The van der Waals surface area contributed by atoms with Gasteiger partial charge in [0.2, 0.25) is 11.8 Å². The average molecular weight is 350 g/mol. The first-order valence-electron chi connectivity index (χ1n) is 9.29. The Labute approximate surface area is 155 Å². The SMILES string of the molecule is CCc1ccccc1NC(=O)C1CC(=O)N(c2ccccc2C(C)C)C1. The van der Waals surface area contributed by atoms with E-state index in [1.807, 2.05) is 42.5 Å². The molecule has 26 heavy (non-hydrogen) atoms. The molecule has 1 heterocycles. The molecule has 1 saturated heterocycles. The Hall–Kier alpha value is -2.62. The van der Waals surface area contributed by atoms with E-state index < -0.39 is 0 Å². The van der Waals surface area contributed by atoms with Crippen LogP contribution in [-0.2, 0) is 16.0 Å². The maximum absolute atomic E-state index is 12.7. The van der Waals surface area contributed by atoms with E-state index in [1.54, 1.807) is 4.90 Å². The number of para-hydroxylation sites is 2. The lowest BCUT2D eigenvalue weighted by Gasteiger charge is -2.22. The number of hydrogen-bond acceptors (Lipinski definition) is 2. The fourth-order valence-electron chi connectivity index (χ4n) is 3.52. The van der Waals surface area contributed by atoms with Gasteiger partial charge in [0.25, 0.3) is 0 Å². The highest BCUT2D eigenvalue weighted by Crippen LogP contribution is 2.32. The van der Waals surface area contributed by atoms with Gasteiger partial charge in [0.15, 0.2) is 0 Å². The Kier molecular flexibility index (Phi) is 5.40. The number of hydrogen-bond donors (Lipinski definition) is 1. The predicted octanol–water partition coefficient (Wildman–Crippen LogP) is 4.36. The van der Waals surface area contributed by atoms with Crippen molar-refractivity contribution in [2.24, 2.45) is 5.92 Å². The van der Waals surface area contributed by atoms with Crippen LogP contribution < -0.4 is 10.2 Å². The number of nitrogens with one attached hydrogen (secondary N) is 1. The largest absolute Gasteiger partial charge is 0.326 e. The monoisotopic (exact) mass is 350 g/mol. The zero-order valence-electron chi connectivity index (χ0n) is 15.7. The third kappa shape index (κ3) is 3.64. The summed E-state index contributed by atoms with van der Waals surface area (Å²) in [5.74, 6) is -0.0678. The molecule has 1 atom stereocenters. The molecule has 1 aliphatic rings. The van der Waals surface area contributed by atoms with Gasteiger partial charge in [0.05, 0.1) is 5.92 Å². The number of anilines is 2. The van der Waals surface area contributed by atoms with E-state index >= 15 is 0 Å². The molecule has 0 radical (unpaired) electrons. The Morgan fingerprint density at radius 3 is 2.58 bits per heavy atom. The molecule has 3 rings (SSSR count). The molecule has 2 aromatic rings. The zero-order valence-corrected chi connectivity index (χ0v) is 15.7. The van der Waals surface area contributed by atoms with Crippen molar-refractivity contribution >= 4 is 23.2 Å². The van der Waals surface area contributed by atoms with Crippen molar-refractivity contribution in [1.29, 1.82) is 0 Å². The lowest BCUT2D eigenvalue weighted by Crippen LogP contribution is -2.29. The number of carbonyl (C=O) groups is 2. The van der Waals surface area contributed by atoms with Gasteiger partial charge >= 0.3 is 0 Å². The second-order valence-electron chi connectivity index (χ2n) is 7.12. The molecule has 1 aliphatic heterocycles. The smallest absolute Gasteiger partial charge is 0.229 e. The summed E-state index contributed by atoms with van der Waals surface area (Å²) in [5.41, 5.74) is 4.01. The van der Waals surface area contributed by atoms with Crippen molar-refractivity contribution in [3.63, 3.8) is 0 Å². The molecular formula is C22H26N2O2. The van der Waals surface area contributed by atoms with Crippen LogP contribution in [0.5, 0.6) is 0 Å². The molecule has 0 aliphatic carbocycles. The summed E-state index contributed by atoms with van der Waals surface area (Å²) in [6.07, 6.45) is 1.11. The highest BCUT2D eigenvalue weighted by molar-refractivity contribution is 6.04. The molecule has 1 N–H and O–H groups in total. The second-order valence-corrected chi connectivity index (χ2v) is 7.12. The van der Waals surface area contributed by atoms with E-state index in [-0.39, 0.29) is 24.2 Å². The van der Waals surface area contributed by atoms with Gasteiger partial charge in [-0.1, -0.05) is 57.2 Å². The average Bonchev–Trinajstić information content (AvgIpc) is 3.04. The molecule has 0 spiro atoms. The number of amides is 2. The summed E-state index contributed by atoms with van der Waals surface area (Å²) < 4.78 is 0. The molecule has 0 saturated carbocycles. The molecule has 4 heteroatoms. The summed E-state index contributed by atoms with van der Waals surface area (Å²) in [5, 5.41) is 3.02. The molecule has 1 fully saturated rings. The van der Waals surface area contributed by atoms with E-state index in [2.05, 4.69) is 32.2 Å². The third-order valence-electron chi connectivity index (χ3n) is 5.00. The summed E-state index contributed by atoms with van der Waals surface area (Å²) in [7, 11) is 0. The summed E-state index contributed by atoms with van der Waals surface area (Å²) in [6, 6.07) is 15.8. The minimum absolute atomic E-state index is 0.0158. The van der Waals surface area contributed by atoms with Crippen LogP contribution >= 0.6 is 0 Å². The number of carbonyl (C=O) groups excluding carboxylic acids is 2. The predicted molar refractivity (Wildman–Crippen MR) is 105 cm³/mol. The summed E-state index contributed by atoms with van der Waals surface area (Å²) >= 11 is 0. The topological polar surface area (TPSA) is 49.4 Å². The first kappa shape index (κ1) is 18.2. The number of benzene rings is 2. The van der Waals surface area contributed by atoms with Crippen LogP contribution in [0.1, 0.15) is 44.2 Å². The van der Waals surface area contributed by atoms with Gasteiger partial charge in [-0.15, -0.1) is 0 Å². The Balaban J connectivity index is 1.77. The van der Waals surface area contributed by atoms with E-state index in [0.717, 1.165) is 28.9 Å². The Morgan fingerprint density at radius 2 is 1.85 bits per heavy atom. The standard InChI is InChI=1S/C22H26N2O2/c1-4-16-9-5-7-11-19(16)23-22(26)17-13-21(25)24(14-17)20-12-8-6-10-18(20)15(2)3/h5-12,15,17H,4,13-14H2,1-3H3,(H,23,26). The minimum Gasteiger partial charge on any atom is -0.326 e. The van der Waals surface area contributed by atoms with Crippen molar-refractivity contribution in [3.8, 4) is 0 Å². The van der Waals surface area contributed by atoms with Crippen LogP contribution in [0.3, 0.4) is 0 Å². The molecule has 2 aromatic carbocycles. The highest BCUT2D eigenvalue weighted by atomic mass is 16.2. The lowest BCUT2D eigenvalue weighted by atomic mass is 10.0. The molecule has 4 nitrogen and oxygen atoms in total. The lowest BCUT2D eigenvalue weighted by molar-refractivity contribution is -0.122. The van der Waals surface area contributed by atoms with Crippen molar-refractivity contribution in [2.45, 2.75) is 39.5 Å². The van der Waals surface area contributed by atoms with Crippen LogP contribution in [-0.4, -0.2) is 18.4 Å². The van der Waals surface area contributed by atoms with Crippen molar-refractivity contribution in [2.75, 3.05) is 16.8 Å². The molecule has 2 amide bonds. The van der Waals surface area contributed by atoms with Gasteiger partial charge in [-0.25, -0.2) is 0 Å². The fraction of sp³-hybridized carbons (Fsp3) is 0.364. The fourth-order valence-corrected chi connectivity index (χ4v) is 3.52. The van der Waals surface area contributed by atoms with Crippen LogP contribution in [0.15, 0.2) is 48.5 Å². The number of aryl methyl sites for hydroxylation is 1. The van der Waals surface area contributed by atoms with Gasteiger partial charge in [0.1, 0.15) is 0 Å². The number of nitrogens with zero attached hydrogens (tertiary/aromatic N) is 1. The van der Waals surface area contributed by atoms with Crippen LogP contribution in [0.2, 0.25) is 0 Å². The van der Waals surface area contributed by atoms with E-state index in [1.165, 1.54) is 0 Å². The second kappa shape index (κ2) is 7.73. The van der Waals surface area contributed by atoms with Gasteiger partial charge in [-0.2, -0.15) is 0 Å². The third-order valence-corrected chi connectivity index (χ3v) is 5.00. The molecule has 0 bridgehead atoms. The molecule has 0 aromatic heterocycles. The summed E-state index contributed by atoms with van der Waals surface area (Å²) in [6.45, 7) is 6.73. The Bertz CT molecular complexity index is 813. The van der Waals surface area contributed by atoms with E-state index in [4.69, 9.17) is 0 Å². The van der Waals surface area contributed by atoms with E-state index in [0.29, 0.717) is 12.5 Å². The minimum atomic E-state index is -0.326. The quantitative estimate of drug-likeness (QED) is 0.871. The number of rotatable bonds is 5. The van der Waals surface area contributed by atoms with Gasteiger partial charge in [-0.3, -0.25) is 9.59 Å². The molecule has 136 valence electrons. The maximum Gasteiger partial charge on any atom is 0.229 e. The molecule has 1 unspecified atom stereocenters. The van der Waals surface area contributed by atoms with Crippen molar-refractivity contribution < 1.29 is 9.59 Å². The van der Waals surface area contributed by atoms with Gasteiger partial charge < -0.3 is 10.2 Å². The van der Waals surface area contributed by atoms with Gasteiger partial charge in [-0.05, 0) is 35.6 Å². The van der Waals surface area contributed by atoms with Crippen molar-refractivity contribution in [3.05, 3.63) is 59.7 Å². The summed E-state index contributed by atoms with van der Waals surface area (Å²) in [4.78, 5) is 27.1. The van der Waals surface area contributed by atoms with Crippen LogP contribution in [0.25, 0.3) is 0 Å². The normalized spacial score (nSPS) is 17.0. The van der Waals surface area contributed by atoms with Gasteiger partial charge in [0, 0.05) is 24.3 Å². The highest BCUT2D eigenvalue weighted by Gasteiger charge is 2.36. The van der Waals surface area contributed by atoms with Crippen LogP contribution in [0.4, 0.5) is 11.4 Å². The van der Waals surface area contributed by atoms with Crippen LogP contribution in [0, 0.1) is 5.92 Å². The Morgan fingerprint density at radius 1 is 1.15 bits per heavy atom. The first-order chi connectivity index (χ1) is 12.5. The zero-order chi connectivity index (χ0) is 18.7. The van der Waals surface area contributed by atoms with Crippen molar-refractivity contribution in [1.82, 2.24) is 0 Å². The first-order valence-corrected chi connectivity index (χ1v) is 9.29. The van der Waals surface area contributed by atoms with E-state index in [9.17, 15) is 9.59 Å². The molecular weight excluding hydrogens is 324 g/mol.